The summed E-state index contributed by atoms with van der Waals surface area (Å²) in [6.07, 6.45) is 0. The molecule has 0 aliphatic carbocycles. The molecule has 0 unspecified atom stereocenters. The van der Waals surface area contributed by atoms with Gasteiger partial charge in [0.15, 0.2) is 0 Å². The Morgan fingerprint density at radius 1 is 0.625 bits per heavy atom. The highest BCUT2D eigenvalue weighted by Crippen LogP contribution is 2.33. The topological polar surface area (TPSA) is 74.8 Å². The molecule has 1 heterocycles. The molecular formula is C24H34N2O4S2. The van der Waals surface area contributed by atoms with Gasteiger partial charge in [-0.15, -0.1) is 0 Å². The van der Waals surface area contributed by atoms with Crippen molar-refractivity contribution in [3.8, 4) is 0 Å². The van der Waals surface area contributed by atoms with Crippen LogP contribution in [0.3, 0.4) is 0 Å². The molecule has 0 saturated carbocycles. The Kier molecular flexibility index (Phi) is 7.20. The zero-order valence-corrected chi connectivity index (χ0v) is 21.3. The summed E-state index contributed by atoms with van der Waals surface area (Å²) in [5, 5.41) is 0. The van der Waals surface area contributed by atoms with Crippen molar-refractivity contribution in [3.05, 3.63) is 59.7 Å². The second-order valence-corrected chi connectivity index (χ2v) is 13.2. The lowest BCUT2D eigenvalue weighted by Crippen LogP contribution is -2.63. The first-order chi connectivity index (χ1) is 14.9. The number of sulfonamides is 2. The van der Waals surface area contributed by atoms with Crippen LogP contribution in [-0.2, 0) is 20.0 Å². The predicted octanol–water partition coefficient (Wildman–Crippen LogP) is 4.05. The highest BCUT2D eigenvalue weighted by molar-refractivity contribution is 7.89. The molecule has 0 bridgehead atoms. The van der Waals surface area contributed by atoms with Crippen LogP contribution in [0.25, 0.3) is 0 Å². The van der Waals surface area contributed by atoms with Gasteiger partial charge in [-0.3, -0.25) is 0 Å². The minimum Gasteiger partial charge on any atom is -0.207 e. The van der Waals surface area contributed by atoms with Crippen molar-refractivity contribution in [3.63, 3.8) is 0 Å². The van der Waals surface area contributed by atoms with Crippen LogP contribution < -0.4 is 0 Å². The fraction of sp³-hybridized carbons (Fsp3) is 0.500. The number of piperazine rings is 1. The molecule has 1 saturated heterocycles. The van der Waals surface area contributed by atoms with Crippen LogP contribution in [0.1, 0.15) is 38.8 Å². The van der Waals surface area contributed by atoms with Crippen LogP contribution in [-0.4, -0.2) is 50.6 Å². The predicted molar refractivity (Wildman–Crippen MR) is 127 cm³/mol. The Hall–Kier alpha value is -1.74. The molecule has 176 valence electrons. The molecule has 0 aromatic heterocycles. The summed E-state index contributed by atoms with van der Waals surface area (Å²) in [5.74, 6) is -0.113. The summed E-state index contributed by atoms with van der Waals surface area (Å²) in [6.45, 7) is 11.8. The lowest BCUT2D eigenvalue weighted by atomic mass is 9.96. The molecule has 8 heteroatoms. The zero-order valence-electron chi connectivity index (χ0n) is 19.7. The van der Waals surface area contributed by atoms with Gasteiger partial charge in [0.25, 0.3) is 0 Å². The third-order valence-electron chi connectivity index (χ3n) is 6.27. The van der Waals surface area contributed by atoms with E-state index in [9.17, 15) is 16.8 Å². The Balaban J connectivity index is 2.05. The molecule has 1 aliphatic heterocycles. The summed E-state index contributed by atoms with van der Waals surface area (Å²) in [7, 11) is -7.53. The van der Waals surface area contributed by atoms with Gasteiger partial charge in [0.1, 0.15) is 0 Å². The van der Waals surface area contributed by atoms with E-state index in [0.29, 0.717) is 0 Å². The molecule has 6 nitrogen and oxygen atoms in total. The summed E-state index contributed by atoms with van der Waals surface area (Å²) in [4.78, 5) is 0.484. The largest absolute Gasteiger partial charge is 0.243 e. The fourth-order valence-electron chi connectivity index (χ4n) is 4.15. The molecule has 2 aromatic rings. The monoisotopic (exact) mass is 478 g/mol. The maximum atomic E-state index is 13.6. The van der Waals surface area contributed by atoms with Crippen molar-refractivity contribution in [2.75, 3.05) is 13.1 Å². The van der Waals surface area contributed by atoms with Crippen LogP contribution in [0.4, 0.5) is 0 Å². The Morgan fingerprint density at radius 2 is 0.906 bits per heavy atom. The van der Waals surface area contributed by atoms with E-state index in [2.05, 4.69) is 0 Å². The summed E-state index contributed by atoms with van der Waals surface area (Å²) >= 11 is 0. The molecule has 0 spiro atoms. The standard InChI is InChI=1S/C24H34N2O4S2/c1-17(2)23-15-26(32(29,30)22-13-9-20(6)10-14-22)24(18(3)4)16-25(23)31(27,28)21-11-7-19(5)8-12-21/h7-14,17-18,23-24H,15-16H2,1-6H3/t23-,24-/m1/s1. The van der Waals surface area contributed by atoms with Crippen molar-refractivity contribution >= 4 is 20.0 Å². The van der Waals surface area contributed by atoms with E-state index in [1.165, 1.54) is 8.61 Å². The fourth-order valence-corrected chi connectivity index (χ4v) is 7.69. The van der Waals surface area contributed by atoms with Crippen molar-refractivity contribution in [2.24, 2.45) is 11.8 Å². The van der Waals surface area contributed by atoms with Gasteiger partial charge >= 0.3 is 0 Å². The third kappa shape index (κ3) is 4.78. The first kappa shape index (κ1) is 24.9. The second kappa shape index (κ2) is 9.25. The highest BCUT2D eigenvalue weighted by Gasteiger charge is 2.46. The molecule has 0 N–H and O–H groups in total. The maximum Gasteiger partial charge on any atom is 0.243 e. The van der Waals surface area contributed by atoms with E-state index >= 15 is 0 Å². The first-order valence-corrected chi connectivity index (χ1v) is 13.9. The van der Waals surface area contributed by atoms with Crippen LogP contribution in [0.15, 0.2) is 58.3 Å². The van der Waals surface area contributed by atoms with Gasteiger partial charge in [0.05, 0.1) is 9.79 Å². The SMILES string of the molecule is Cc1ccc(S(=O)(=O)N2C[C@H](C(C)C)N(S(=O)(=O)c3ccc(C)cc3)C[C@@H]2C(C)C)cc1. The molecule has 0 amide bonds. The molecule has 32 heavy (non-hydrogen) atoms. The highest BCUT2D eigenvalue weighted by atomic mass is 32.2. The lowest BCUT2D eigenvalue weighted by Gasteiger charge is -2.47. The minimum atomic E-state index is -3.77. The van der Waals surface area contributed by atoms with E-state index in [1.807, 2.05) is 41.5 Å². The molecule has 0 radical (unpaired) electrons. The van der Waals surface area contributed by atoms with Crippen molar-refractivity contribution in [1.82, 2.24) is 8.61 Å². The molecular weight excluding hydrogens is 444 g/mol. The number of rotatable bonds is 6. The minimum absolute atomic E-state index is 0.0564. The molecule has 2 atom stereocenters. The Bertz CT molecular complexity index is 1050. The number of aryl methyl sites for hydroxylation is 2. The quantitative estimate of drug-likeness (QED) is 0.628. The Labute approximate surface area is 193 Å². The van der Waals surface area contributed by atoms with Crippen LogP contribution in [0, 0.1) is 25.7 Å². The van der Waals surface area contributed by atoms with Crippen LogP contribution in [0.2, 0.25) is 0 Å². The first-order valence-electron chi connectivity index (χ1n) is 11.0. The van der Waals surface area contributed by atoms with Gasteiger partial charge in [-0.05, 0) is 49.9 Å². The van der Waals surface area contributed by atoms with Gasteiger partial charge in [-0.2, -0.15) is 8.61 Å². The molecule has 1 aliphatic rings. The average molecular weight is 479 g/mol. The number of nitrogens with zero attached hydrogens (tertiary/aromatic N) is 2. The normalized spacial score (nSPS) is 21.4. The van der Waals surface area contributed by atoms with E-state index in [-0.39, 0.29) is 34.7 Å². The van der Waals surface area contributed by atoms with Gasteiger partial charge in [-0.25, -0.2) is 16.8 Å². The molecule has 2 aromatic carbocycles. The van der Waals surface area contributed by atoms with E-state index in [0.717, 1.165) is 11.1 Å². The molecule has 1 fully saturated rings. The summed E-state index contributed by atoms with van der Waals surface area (Å²) < 4.78 is 57.5. The van der Waals surface area contributed by atoms with E-state index in [1.54, 1.807) is 48.5 Å². The van der Waals surface area contributed by atoms with Gasteiger partial charge in [-0.1, -0.05) is 63.1 Å². The van der Waals surface area contributed by atoms with Crippen LogP contribution in [0.5, 0.6) is 0 Å². The number of hydrogen-bond acceptors (Lipinski definition) is 4. The van der Waals surface area contributed by atoms with Crippen LogP contribution >= 0.6 is 0 Å². The summed E-state index contributed by atoms with van der Waals surface area (Å²) in [6, 6.07) is 12.7. The number of hydrogen-bond donors (Lipinski definition) is 0. The maximum absolute atomic E-state index is 13.6. The van der Waals surface area contributed by atoms with Crippen molar-refractivity contribution in [2.45, 2.75) is 63.4 Å². The molecule has 3 rings (SSSR count). The van der Waals surface area contributed by atoms with Gasteiger partial charge in [0, 0.05) is 25.2 Å². The average Bonchev–Trinajstić information content (AvgIpc) is 2.73. The smallest absolute Gasteiger partial charge is 0.207 e. The van der Waals surface area contributed by atoms with Gasteiger partial charge < -0.3 is 0 Å². The lowest BCUT2D eigenvalue weighted by molar-refractivity contribution is 0.0941. The van der Waals surface area contributed by atoms with Crippen molar-refractivity contribution < 1.29 is 16.8 Å². The van der Waals surface area contributed by atoms with E-state index < -0.39 is 32.1 Å². The zero-order chi connectivity index (χ0) is 23.8. The Morgan fingerprint density at radius 3 is 1.16 bits per heavy atom. The number of benzene rings is 2. The van der Waals surface area contributed by atoms with Gasteiger partial charge in [0.2, 0.25) is 20.0 Å². The second-order valence-electron chi connectivity index (χ2n) is 9.40. The summed E-state index contributed by atoms with van der Waals surface area (Å²) in [5.41, 5.74) is 1.97. The van der Waals surface area contributed by atoms with Crippen molar-refractivity contribution in [1.29, 1.82) is 0 Å². The third-order valence-corrected chi connectivity index (χ3v) is 10.1. The van der Waals surface area contributed by atoms with E-state index in [4.69, 9.17) is 0 Å².